The molecule has 5 heteroatoms. The average molecular weight is 140 g/mol. The molecule has 0 aromatic rings. The fourth-order valence-electron chi connectivity index (χ4n) is 0.637. The molecule has 53 valence electrons. The molecule has 0 saturated carbocycles. The van der Waals surface area contributed by atoms with E-state index in [2.05, 4.69) is 63.2 Å². The van der Waals surface area contributed by atoms with Crippen molar-refractivity contribution in [3.05, 3.63) is 0 Å². The first kappa shape index (κ1) is 11.3. The van der Waals surface area contributed by atoms with E-state index in [1.54, 1.807) is 0 Å². The van der Waals surface area contributed by atoms with Gasteiger partial charge in [-0.05, 0) is 0 Å². The molecule has 0 spiro atoms. The molecular formula is C6H14B5. The molecule has 0 amide bonds. The summed E-state index contributed by atoms with van der Waals surface area (Å²) < 4.78 is 0. The van der Waals surface area contributed by atoms with E-state index in [0.29, 0.717) is 11.6 Å². The summed E-state index contributed by atoms with van der Waals surface area (Å²) in [5, 5.41) is 0. The van der Waals surface area contributed by atoms with Gasteiger partial charge in [0, 0.05) is 21.2 Å². The number of hydrogen-bond acceptors (Lipinski definition) is 0. The molecule has 0 N–H and O–H groups in total. The Labute approximate surface area is 75.4 Å². The third-order valence-electron chi connectivity index (χ3n) is 1.21. The molecule has 0 saturated heterocycles. The van der Waals surface area contributed by atoms with Crippen LogP contribution < -0.4 is 0 Å². The fraction of sp³-hybridized carbons (Fsp3) is 1.00. The van der Waals surface area contributed by atoms with Crippen molar-refractivity contribution in [2.45, 2.75) is 39.3 Å². The zero-order valence-corrected chi connectivity index (χ0v) is 8.04. The molecule has 0 aromatic heterocycles. The van der Waals surface area contributed by atoms with E-state index < -0.39 is 0 Å². The minimum atomic E-state index is 0.652. The Balaban J connectivity index is 2.91. The van der Waals surface area contributed by atoms with E-state index in [4.69, 9.17) is 0 Å². The largest absolute Gasteiger partial charge is 0.0838 e. The predicted octanol–water partition coefficient (Wildman–Crippen LogP) is 0.824. The second-order valence-corrected chi connectivity index (χ2v) is 3.45. The lowest BCUT2D eigenvalue weighted by Crippen LogP contribution is -2.25. The summed E-state index contributed by atoms with van der Waals surface area (Å²) in [6, 6.07) is 0. The molecule has 0 rings (SSSR count). The van der Waals surface area contributed by atoms with Crippen LogP contribution in [0.25, 0.3) is 0 Å². The summed E-state index contributed by atoms with van der Waals surface area (Å²) in [5.41, 5.74) is 0. The van der Waals surface area contributed by atoms with Crippen LogP contribution >= 0.6 is 0 Å². The minimum Gasteiger partial charge on any atom is -0.0838 e. The highest BCUT2D eigenvalue weighted by Crippen LogP contribution is 1.95. The molecule has 0 aliphatic heterocycles. The maximum Gasteiger partial charge on any atom is 0.0580 e. The van der Waals surface area contributed by atoms with Crippen LogP contribution in [-0.4, -0.2) is 35.5 Å². The standard InChI is InChI=1S/C6H14B5/c1-5(2)7-9-11-10-8-6(3)4/h5-6H,1-4H3. The lowest BCUT2D eigenvalue weighted by Gasteiger charge is -2.01. The summed E-state index contributed by atoms with van der Waals surface area (Å²) >= 11 is 0. The van der Waals surface area contributed by atoms with Crippen LogP contribution in [0, 0.1) is 0 Å². The van der Waals surface area contributed by atoms with Crippen LogP contribution in [0.15, 0.2) is 0 Å². The molecule has 0 bridgehead atoms. The van der Waals surface area contributed by atoms with Gasteiger partial charge in [0.2, 0.25) is 0 Å². The Morgan fingerprint density at radius 1 is 0.636 bits per heavy atom. The SMILES string of the molecule is CC(C)[B][B][B][B][B]C(C)C. The van der Waals surface area contributed by atoms with Crippen molar-refractivity contribution in [3.63, 3.8) is 0 Å². The lowest BCUT2D eigenvalue weighted by molar-refractivity contribution is 1.07. The first-order valence-corrected chi connectivity index (χ1v) is 4.31. The minimum absolute atomic E-state index is 0.652. The third-order valence-corrected chi connectivity index (χ3v) is 1.21. The molecule has 0 aromatic carbocycles. The van der Waals surface area contributed by atoms with Gasteiger partial charge < -0.3 is 0 Å². The van der Waals surface area contributed by atoms with Crippen molar-refractivity contribution in [2.24, 2.45) is 0 Å². The summed E-state index contributed by atoms with van der Waals surface area (Å²) in [7, 11) is 10.7. The summed E-state index contributed by atoms with van der Waals surface area (Å²) in [6.07, 6.45) is 0. The lowest BCUT2D eigenvalue weighted by atomic mass is 8.99. The molecule has 5 radical (unpaired) electrons. The first-order valence-electron chi connectivity index (χ1n) is 4.31. The number of hydrogen-bond donors (Lipinski definition) is 0. The summed E-state index contributed by atoms with van der Waals surface area (Å²) in [4.78, 5) is 0. The van der Waals surface area contributed by atoms with Gasteiger partial charge in [-0.15, -0.1) is 0 Å². The van der Waals surface area contributed by atoms with E-state index in [9.17, 15) is 0 Å². The van der Waals surface area contributed by atoms with Crippen molar-refractivity contribution >= 4 is 35.5 Å². The van der Waals surface area contributed by atoms with E-state index in [1.807, 2.05) is 0 Å². The van der Waals surface area contributed by atoms with Crippen LogP contribution in [0.1, 0.15) is 27.7 Å². The molecule has 0 atom stereocenters. The van der Waals surface area contributed by atoms with Gasteiger partial charge in [0.15, 0.2) is 0 Å². The first-order chi connectivity index (χ1) is 5.13. The van der Waals surface area contributed by atoms with Crippen LogP contribution in [0.5, 0.6) is 0 Å². The molecule has 0 aliphatic carbocycles. The third kappa shape index (κ3) is 10.3. The van der Waals surface area contributed by atoms with E-state index in [-0.39, 0.29) is 0 Å². The number of rotatable bonds is 6. The molecule has 0 nitrogen and oxygen atoms in total. The average Bonchev–Trinajstić information content (AvgIpc) is 1.85. The van der Waals surface area contributed by atoms with Crippen LogP contribution in [0.4, 0.5) is 0 Å². The highest BCUT2D eigenvalue weighted by molar-refractivity contribution is 7.53. The summed E-state index contributed by atoms with van der Waals surface area (Å²) in [5.74, 6) is 1.30. The normalized spacial score (nSPS) is 9.64. The molecular weight excluding hydrogens is 126 g/mol. The Bertz CT molecular complexity index is 73.0. The van der Waals surface area contributed by atoms with Crippen molar-refractivity contribution in [3.8, 4) is 0 Å². The van der Waals surface area contributed by atoms with E-state index in [1.165, 1.54) is 0 Å². The zero-order valence-electron chi connectivity index (χ0n) is 8.04. The quantitative estimate of drug-likeness (QED) is 0.378. The van der Waals surface area contributed by atoms with Crippen molar-refractivity contribution in [2.75, 3.05) is 0 Å². The molecule has 0 aliphatic rings. The van der Waals surface area contributed by atoms with Gasteiger partial charge in [-0.1, -0.05) is 39.3 Å². The molecule has 0 unspecified atom stereocenters. The van der Waals surface area contributed by atoms with E-state index >= 15 is 0 Å². The van der Waals surface area contributed by atoms with Gasteiger partial charge in [-0.2, -0.15) is 0 Å². The van der Waals surface area contributed by atoms with Gasteiger partial charge in [0.05, 0.1) is 14.3 Å². The Hall–Kier alpha value is 0.325. The van der Waals surface area contributed by atoms with Crippen molar-refractivity contribution in [1.29, 1.82) is 0 Å². The molecule has 0 heterocycles. The van der Waals surface area contributed by atoms with Crippen LogP contribution in [0.3, 0.4) is 0 Å². The van der Waals surface area contributed by atoms with Gasteiger partial charge in [0.1, 0.15) is 0 Å². The van der Waals surface area contributed by atoms with Crippen molar-refractivity contribution < 1.29 is 0 Å². The van der Waals surface area contributed by atoms with Gasteiger partial charge in [-0.25, -0.2) is 0 Å². The van der Waals surface area contributed by atoms with Gasteiger partial charge in [0.25, 0.3) is 0 Å². The zero-order chi connectivity index (χ0) is 8.69. The van der Waals surface area contributed by atoms with Crippen LogP contribution in [0.2, 0.25) is 11.6 Å². The smallest absolute Gasteiger partial charge is 0.0580 e. The Morgan fingerprint density at radius 3 is 1.27 bits per heavy atom. The highest BCUT2D eigenvalue weighted by Gasteiger charge is 2.00. The molecule has 11 heavy (non-hydrogen) atoms. The Morgan fingerprint density at radius 2 is 1.00 bits per heavy atom. The van der Waals surface area contributed by atoms with Crippen molar-refractivity contribution in [1.82, 2.24) is 0 Å². The fourth-order valence-corrected chi connectivity index (χ4v) is 0.637. The van der Waals surface area contributed by atoms with E-state index in [0.717, 1.165) is 0 Å². The highest BCUT2D eigenvalue weighted by atomic mass is 13.7. The topological polar surface area (TPSA) is 0 Å². The second-order valence-electron chi connectivity index (χ2n) is 3.45. The van der Waals surface area contributed by atoms with Gasteiger partial charge in [-0.3, -0.25) is 0 Å². The second kappa shape index (κ2) is 7.00. The Kier molecular flexibility index (Phi) is 7.21. The van der Waals surface area contributed by atoms with Gasteiger partial charge >= 0.3 is 0 Å². The maximum atomic E-state index is 2.19. The molecule has 0 fully saturated rings. The summed E-state index contributed by atoms with van der Waals surface area (Å²) in [6.45, 7) is 8.71. The monoisotopic (exact) mass is 141 g/mol. The maximum absolute atomic E-state index is 2.19. The van der Waals surface area contributed by atoms with Crippen LogP contribution in [-0.2, 0) is 0 Å². The predicted molar refractivity (Wildman–Crippen MR) is 59.0 cm³/mol.